The molecule has 1 unspecified atom stereocenters. The highest BCUT2D eigenvalue weighted by Gasteiger charge is 2.30. The van der Waals surface area contributed by atoms with Crippen LogP contribution in [-0.4, -0.2) is 26.3 Å². The summed E-state index contributed by atoms with van der Waals surface area (Å²) in [4.78, 5) is 25.6. The SMILES string of the molecule is CC(Cc1ccccc1CI)NC(=O)Cn1nc(-c2ccc(Cl)cc2)n(C2CC2)c1=O. The van der Waals surface area contributed by atoms with Crippen molar-refractivity contribution < 1.29 is 4.79 Å². The number of halogens is 2. The Balaban J connectivity index is 1.48. The number of nitrogens with zero attached hydrogens (tertiary/aromatic N) is 3. The Hall–Kier alpha value is -2.13. The van der Waals surface area contributed by atoms with Crippen molar-refractivity contribution in [1.82, 2.24) is 19.7 Å². The normalized spacial score (nSPS) is 14.4. The van der Waals surface area contributed by atoms with Crippen LogP contribution in [-0.2, 0) is 22.2 Å². The minimum atomic E-state index is -0.245. The molecule has 1 aromatic heterocycles. The first-order valence-corrected chi connectivity index (χ1v) is 12.2. The number of alkyl halides is 1. The summed E-state index contributed by atoms with van der Waals surface area (Å²) in [6.07, 6.45) is 2.64. The van der Waals surface area contributed by atoms with E-state index in [2.05, 4.69) is 45.1 Å². The predicted octanol–water partition coefficient (Wildman–Crippen LogP) is 4.38. The molecule has 1 amide bonds. The molecule has 6 nitrogen and oxygen atoms in total. The van der Waals surface area contributed by atoms with E-state index >= 15 is 0 Å². The van der Waals surface area contributed by atoms with Crippen molar-refractivity contribution in [2.45, 2.75) is 49.2 Å². The zero-order valence-corrected chi connectivity index (χ0v) is 20.1. The fourth-order valence-electron chi connectivity index (χ4n) is 3.71. The number of amides is 1. The lowest BCUT2D eigenvalue weighted by atomic mass is 10.0. The van der Waals surface area contributed by atoms with Crippen LogP contribution in [0.25, 0.3) is 11.4 Å². The molecule has 1 heterocycles. The molecule has 0 bridgehead atoms. The Bertz CT molecular complexity index is 1140. The minimum Gasteiger partial charge on any atom is -0.352 e. The van der Waals surface area contributed by atoms with Gasteiger partial charge in [-0.3, -0.25) is 9.36 Å². The summed E-state index contributed by atoms with van der Waals surface area (Å²) in [5.41, 5.74) is 3.07. The quantitative estimate of drug-likeness (QED) is 0.334. The molecule has 8 heteroatoms. The molecule has 0 saturated heterocycles. The number of carbonyl (C=O) groups excluding carboxylic acids is 1. The number of benzene rings is 2. The van der Waals surface area contributed by atoms with E-state index in [0.717, 1.165) is 29.3 Å². The Morgan fingerprint density at radius 1 is 1.19 bits per heavy atom. The van der Waals surface area contributed by atoms with Crippen molar-refractivity contribution in [3.8, 4) is 11.4 Å². The highest BCUT2D eigenvalue weighted by molar-refractivity contribution is 14.1. The smallest absolute Gasteiger partial charge is 0.346 e. The summed E-state index contributed by atoms with van der Waals surface area (Å²) < 4.78 is 3.90. The standard InChI is InChI=1S/C23H24ClIN4O2/c1-15(12-17-4-2-3-5-18(17)13-25)26-21(30)14-28-23(31)29(20-10-11-20)22(27-28)16-6-8-19(24)9-7-16/h2-9,15,20H,10-14H2,1H3,(H,26,30). The lowest BCUT2D eigenvalue weighted by Gasteiger charge is -2.15. The average molecular weight is 551 g/mol. The predicted molar refractivity (Wildman–Crippen MR) is 131 cm³/mol. The van der Waals surface area contributed by atoms with Crippen LogP contribution >= 0.6 is 34.2 Å². The second-order valence-corrected chi connectivity index (χ2v) is 9.15. The van der Waals surface area contributed by atoms with E-state index in [1.807, 2.05) is 31.2 Å². The van der Waals surface area contributed by atoms with Crippen LogP contribution in [0.4, 0.5) is 0 Å². The average Bonchev–Trinajstić information content (AvgIpc) is 3.53. The van der Waals surface area contributed by atoms with E-state index in [4.69, 9.17) is 11.6 Å². The zero-order chi connectivity index (χ0) is 22.0. The molecule has 0 spiro atoms. The third kappa shape index (κ3) is 5.20. The molecule has 1 saturated carbocycles. The van der Waals surface area contributed by atoms with E-state index in [-0.39, 0.29) is 30.2 Å². The maximum atomic E-state index is 13.0. The molecule has 0 aliphatic heterocycles. The fourth-order valence-corrected chi connectivity index (χ4v) is 4.58. The van der Waals surface area contributed by atoms with Crippen LogP contribution in [0.1, 0.15) is 36.9 Å². The first kappa shape index (κ1) is 22.1. The van der Waals surface area contributed by atoms with Gasteiger partial charge in [-0.25, -0.2) is 9.48 Å². The van der Waals surface area contributed by atoms with Gasteiger partial charge in [0.05, 0.1) is 0 Å². The number of aromatic nitrogens is 3. The van der Waals surface area contributed by atoms with Gasteiger partial charge in [-0.1, -0.05) is 58.5 Å². The van der Waals surface area contributed by atoms with Crippen molar-refractivity contribution in [2.75, 3.05) is 0 Å². The van der Waals surface area contributed by atoms with Crippen LogP contribution in [0.2, 0.25) is 5.02 Å². The molecule has 1 aliphatic rings. The molecule has 1 N–H and O–H groups in total. The van der Waals surface area contributed by atoms with Crippen molar-refractivity contribution >= 4 is 40.1 Å². The van der Waals surface area contributed by atoms with E-state index in [1.54, 1.807) is 16.7 Å². The topological polar surface area (TPSA) is 68.9 Å². The van der Waals surface area contributed by atoms with Crippen LogP contribution in [0.3, 0.4) is 0 Å². The molecule has 3 aromatic rings. The van der Waals surface area contributed by atoms with Gasteiger partial charge in [-0.2, -0.15) is 0 Å². The summed E-state index contributed by atoms with van der Waals surface area (Å²) in [6, 6.07) is 15.6. The fraction of sp³-hybridized carbons (Fsp3) is 0.348. The molecule has 2 aromatic carbocycles. The Kier molecular flexibility index (Phi) is 6.81. The summed E-state index contributed by atoms with van der Waals surface area (Å²) in [5, 5.41) is 8.13. The summed E-state index contributed by atoms with van der Waals surface area (Å²) in [7, 11) is 0. The molecule has 1 fully saturated rings. The molecular weight excluding hydrogens is 527 g/mol. The van der Waals surface area contributed by atoms with Gasteiger partial charge in [-0.05, 0) is 61.6 Å². The number of nitrogens with one attached hydrogen (secondary N) is 1. The van der Waals surface area contributed by atoms with E-state index in [1.165, 1.54) is 15.8 Å². The molecule has 0 radical (unpaired) electrons. The first-order valence-electron chi connectivity index (χ1n) is 10.3. The molecule has 1 atom stereocenters. The Morgan fingerprint density at radius 2 is 1.87 bits per heavy atom. The maximum Gasteiger partial charge on any atom is 0.346 e. The van der Waals surface area contributed by atoms with Crippen LogP contribution in [0.15, 0.2) is 53.3 Å². The third-order valence-electron chi connectivity index (χ3n) is 5.37. The van der Waals surface area contributed by atoms with Gasteiger partial charge in [0.15, 0.2) is 5.82 Å². The summed E-state index contributed by atoms with van der Waals surface area (Å²) in [6.45, 7) is 1.88. The van der Waals surface area contributed by atoms with Gasteiger partial charge < -0.3 is 5.32 Å². The van der Waals surface area contributed by atoms with Crippen LogP contribution in [0, 0.1) is 0 Å². The van der Waals surface area contributed by atoms with Gasteiger partial charge in [-0.15, -0.1) is 5.10 Å². The van der Waals surface area contributed by atoms with Gasteiger partial charge in [0, 0.05) is 27.1 Å². The third-order valence-corrected chi connectivity index (χ3v) is 6.45. The van der Waals surface area contributed by atoms with E-state index < -0.39 is 0 Å². The maximum absolute atomic E-state index is 13.0. The van der Waals surface area contributed by atoms with Crippen LogP contribution in [0.5, 0.6) is 0 Å². The molecule has 31 heavy (non-hydrogen) atoms. The second kappa shape index (κ2) is 9.56. The van der Waals surface area contributed by atoms with Crippen molar-refractivity contribution in [2.24, 2.45) is 0 Å². The lowest BCUT2D eigenvalue weighted by molar-refractivity contribution is -0.122. The van der Waals surface area contributed by atoms with Gasteiger partial charge in [0.25, 0.3) is 0 Å². The van der Waals surface area contributed by atoms with E-state index in [0.29, 0.717) is 10.8 Å². The molecular formula is C23H24ClIN4O2. The molecule has 1 aliphatic carbocycles. The molecule has 162 valence electrons. The summed E-state index contributed by atoms with van der Waals surface area (Å²) in [5.74, 6) is 0.366. The van der Waals surface area contributed by atoms with Gasteiger partial charge in [0.2, 0.25) is 5.91 Å². The second-order valence-electron chi connectivity index (χ2n) is 7.95. The summed E-state index contributed by atoms with van der Waals surface area (Å²) >= 11 is 8.35. The lowest BCUT2D eigenvalue weighted by Crippen LogP contribution is -2.39. The van der Waals surface area contributed by atoms with E-state index in [9.17, 15) is 9.59 Å². The monoisotopic (exact) mass is 550 g/mol. The Labute approximate surface area is 199 Å². The van der Waals surface area contributed by atoms with Crippen molar-refractivity contribution in [3.05, 3.63) is 75.2 Å². The van der Waals surface area contributed by atoms with Gasteiger partial charge >= 0.3 is 5.69 Å². The number of carbonyl (C=O) groups is 1. The minimum absolute atomic E-state index is 0.0476. The number of hydrogen-bond acceptors (Lipinski definition) is 3. The zero-order valence-electron chi connectivity index (χ0n) is 17.2. The first-order chi connectivity index (χ1) is 15.0. The molecule has 4 rings (SSSR count). The Morgan fingerprint density at radius 3 is 2.52 bits per heavy atom. The number of rotatable bonds is 8. The van der Waals surface area contributed by atoms with Crippen molar-refractivity contribution in [1.29, 1.82) is 0 Å². The van der Waals surface area contributed by atoms with Crippen molar-refractivity contribution in [3.63, 3.8) is 0 Å². The highest BCUT2D eigenvalue weighted by atomic mass is 127. The van der Waals surface area contributed by atoms with Crippen LogP contribution < -0.4 is 11.0 Å². The van der Waals surface area contributed by atoms with Gasteiger partial charge in [0.1, 0.15) is 6.54 Å². The largest absolute Gasteiger partial charge is 0.352 e. The highest BCUT2D eigenvalue weighted by Crippen LogP contribution is 2.36. The number of hydrogen-bond donors (Lipinski definition) is 1.